The van der Waals surface area contributed by atoms with Gasteiger partial charge in [0.25, 0.3) is 5.69 Å². The lowest BCUT2D eigenvalue weighted by Crippen LogP contribution is -2.10. The van der Waals surface area contributed by atoms with Crippen LogP contribution in [0.25, 0.3) is 0 Å². The van der Waals surface area contributed by atoms with Crippen LogP contribution in [0.5, 0.6) is 0 Å². The Bertz CT molecular complexity index is 413. The molecule has 0 aliphatic heterocycles. The SMILES string of the molecule is CCCCCNc1c(C(=O)O)cccc1[N+](=O)[O-]. The molecule has 0 saturated carbocycles. The van der Waals surface area contributed by atoms with Gasteiger partial charge in [-0.05, 0) is 12.5 Å². The van der Waals surface area contributed by atoms with E-state index in [0.717, 1.165) is 19.3 Å². The van der Waals surface area contributed by atoms with Gasteiger partial charge in [0.15, 0.2) is 0 Å². The first-order valence-electron chi connectivity index (χ1n) is 5.82. The number of nitrogens with zero attached hydrogens (tertiary/aromatic N) is 1. The number of nitro benzene ring substituents is 1. The normalized spacial score (nSPS) is 10.1. The van der Waals surface area contributed by atoms with E-state index in [1.54, 1.807) is 0 Å². The van der Waals surface area contributed by atoms with Gasteiger partial charge in [-0.3, -0.25) is 10.1 Å². The molecule has 0 amide bonds. The summed E-state index contributed by atoms with van der Waals surface area (Å²) in [5, 5.41) is 22.7. The second-order valence-electron chi connectivity index (χ2n) is 3.90. The fourth-order valence-corrected chi connectivity index (χ4v) is 1.64. The summed E-state index contributed by atoms with van der Waals surface area (Å²) in [7, 11) is 0. The molecule has 18 heavy (non-hydrogen) atoms. The van der Waals surface area contributed by atoms with Gasteiger partial charge < -0.3 is 10.4 Å². The lowest BCUT2D eigenvalue weighted by Gasteiger charge is -2.09. The molecule has 0 radical (unpaired) electrons. The first-order valence-corrected chi connectivity index (χ1v) is 5.82. The van der Waals surface area contributed by atoms with E-state index in [0.29, 0.717) is 6.54 Å². The van der Waals surface area contributed by atoms with Crippen molar-refractivity contribution in [2.45, 2.75) is 26.2 Å². The second-order valence-corrected chi connectivity index (χ2v) is 3.90. The van der Waals surface area contributed by atoms with Gasteiger partial charge >= 0.3 is 5.97 Å². The van der Waals surface area contributed by atoms with Gasteiger partial charge in [-0.25, -0.2) is 4.79 Å². The Morgan fingerprint density at radius 3 is 2.72 bits per heavy atom. The highest BCUT2D eigenvalue weighted by Gasteiger charge is 2.20. The standard InChI is InChI=1S/C12H16N2O4/c1-2-3-4-8-13-11-9(12(15)16)6-5-7-10(11)14(17)18/h5-7,13H,2-4,8H2,1H3,(H,15,16). The average molecular weight is 252 g/mol. The molecule has 6 heteroatoms. The van der Waals surface area contributed by atoms with Crippen LogP contribution in [0.3, 0.4) is 0 Å². The Kier molecular flexibility index (Phi) is 5.10. The maximum absolute atomic E-state index is 11.0. The number of aromatic carboxylic acids is 1. The number of para-hydroxylation sites is 1. The maximum atomic E-state index is 11.0. The molecule has 0 fully saturated rings. The Hall–Kier alpha value is -2.11. The molecule has 6 nitrogen and oxygen atoms in total. The third kappa shape index (κ3) is 3.44. The maximum Gasteiger partial charge on any atom is 0.338 e. The van der Waals surface area contributed by atoms with Crippen LogP contribution in [0.1, 0.15) is 36.5 Å². The minimum Gasteiger partial charge on any atom is -0.478 e. The van der Waals surface area contributed by atoms with Crippen LogP contribution < -0.4 is 5.32 Å². The van der Waals surface area contributed by atoms with Gasteiger partial charge in [-0.15, -0.1) is 0 Å². The smallest absolute Gasteiger partial charge is 0.338 e. The molecule has 0 spiro atoms. The molecule has 0 saturated heterocycles. The van der Waals surface area contributed by atoms with Crippen LogP contribution >= 0.6 is 0 Å². The predicted octanol–water partition coefficient (Wildman–Crippen LogP) is 2.90. The van der Waals surface area contributed by atoms with Crippen molar-refractivity contribution >= 4 is 17.3 Å². The number of carbonyl (C=O) groups is 1. The Morgan fingerprint density at radius 2 is 2.17 bits per heavy atom. The number of rotatable bonds is 7. The third-order valence-corrected chi connectivity index (χ3v) is 2.55. The van der Waals surface area contributed by atoms with E-state index in [4.69, 9.17) is 5.11 Å². The fourth-order valence-electron chi connectivity index (χ4n) is 1.64. The number of benzene rings is 1. The highest BCUT2D eigenvalue weighted by Crippen LogP contribution is 2.28. The Morgan fingerprint density at radius 1 is 1.44 bits per heavy atom. The van der Waals surface area contributed by atoms with Crippen molar-refractivity contribution in [3.63, 3.8) is 0 Å². The van der Waals surface area contributed by atoms with Gasteiger partial charge in [-0.2, -0.15) is 0 Å². The highest BCUT2D eigenvalue weighted by atomic mass is 16.6. The second kappa shape index (κ2) is 6.58. The van der Waals surface area contributed by atoms with Crippen molar-refractivity contribution in [2.24, 2.45) is 0 Å². The minimum atomic E-state index is -1.17. The highest BCUT2D eigenvalue weighted by molar-refractivity contribution is 5.96. The average Bonchev–Trinajstić information content (AvgIpc) is 2.34. The molecule has 2 N–H and O–H groups in total. The molecule has 0 aliphatic carbocycles. The molecule has 0 unspecified atom stereocenters. The molecule has 1 rings (SSSR count). The number of hydrogen-bond acceptors (Lipinski definition) is 4. The number of hydrogen-bond donors (Lipinski definition) is 2. The third-order valence-electron chi connectivity index (χ3n) is 2.55. The Balaban J connectivity index is 2.96. The first kappa shape index (κ1) is 14.0. The molecular formula is C12H16N2O4. The lowest BCUT2D eigenvalue weighted by molar-refractivity contribution is -0.384. The molecule has 0 aliphatic rings. The number of nitrogens with one attached hydrogen (secondary N) is 1. The van der Waals surface area contributed by atoms with Crippen LogP contribution in [0.4, 0.5) is 11.4 Å². The van der Waals surface area contributed by atoms with Gasteiger partial charge in [0, 0.05) is 12.6 Å². The number of nitro groups is 1. The van der Waals surface area contributed by atoms with E-state index >= 15 is 0 Å². The number of unbranched alkanes of at least 4 members (excludes halogenated alkanes) is 2. The zero-order valence-electron chi connectivity index (χ0n) is 10.2. The van der Waals surface area contributed by atoms with Crippen molar-refractivity contribution < 1.29 is 14.8 Å². The van der Waals surface area contributed by atoms with Crippen LogP contribution in [0.2, 0.25) is 0 Å². The quantitative estimate of drug-likeness (QED) is 0.442. The number of carboxylic acids is 1. The molecular weight excluding hydrogens is 236 g/mol. The summed E-state index contributed by atoms with van der Waals surface area (Å²) in [6.07, 6.45) is 2.88. The van der Waals surface area contributed by atoms with E-state index in [-0.39, 0.29) is 16.9 Å². The summed E-state index contributed by atoms with van der Waals surface area (Å²) < 4.78 is 0. The van der Waals surface area contributed by atoms with Crippen LogP contribution in [-0.4, -0.2) is 22.5 Å². The van der Waals surface area contributed by atoms with Crippen LogP contribution in [-0.2, 0) is 0 Å². The molecule has 0 bridgehead atoms. The van der Waals surface area contributed by atoms with Crippen molar-refractivity contribution in [1.82, 2.24) is 0 Å². The minimum absolute atomic E-state index is 0.0688. The van der Waals surface area contributed by atoms with E-state index in [9.17, 15) is 14.9 Å². The summed E-state index contributed by atoms with van der Waals surface area (Å²) in [6.45, 7) is 2.58. The van der Waals surface area contributed by atoms with Crippen molar-refractivity contribution in [1.29, 1.82) is 0 Å². The fraction of sp³-hybridized carbons (Fsp3) is 0.417. The van der Waals surface area contributed by atoms with Gasteiger partial charge in [-0.1, -0.05) is 25.8 Å². The van der Waals surface area contributed by atoms with Crippen molar-refractivity contribution in [2.75, 3.05) is 11.9 Å². The van der Waals surface area contributed by atoms with Gasteiger partial charge in [0.2, 0.25) is 0 Å². The zero-order chi connectivity index (χ0) is 13.5. The first-order chi connectivity index (χ1) is 8.57. The van der Waals surface area contributed by atoms with Crippen LogP contribution in [0.15, 0.2) is 18.2 Å². The Labute approximate surface area is 105 Å². The zero-order valence-corrected chi connectivity index (χ0v) is 10.2. The summed E-state index contributed by atoms with van der Waals surface area (Å²) in [5.74, 6) is -1.17. The monoisotopic (exact) mass is 252 g/mol. The summed E-state index contributed by atoms with van der Waals surface area (Å²) >= 11 is 0. The molecule has 0 heterocycles. The predicted molar refractivity (Wildman–Crippen MR) is 68.1 cm³/mol. The molecule has 98 valence electrons. The summed E-state index contributed by atoms with van der Waals surface area (Å²) in [5.41, 5.74) is -0.182. The van der Waals surface area contributed by atoms with Gasteiger partial charge in [0.05, 0.1) is 10.5 Å². The van der Waals surface area contributed by atoms with E-state index in [1.165, 1.54) is 18.2 Å². The number of carboxylic acid groups (broad SMARTS) is 1. The topological polar surface area (TPSA) is 92.5 Å². The summed E-state index contributed by atoms with van der Waals surface area (Å²) in [6, 6.07) is 4.03. The molecule has 0 aromatic heterocycles. The van der Waals surface area contributed by atoms with Crippen molar-refractivity contribution in [3.05, 3.63) is 33.9 Å². The molecule has 1 aromatic carbocycles. The van der Waals surface area contributed by atoms with Crippen molar-refractivity contribution in [3.8, 4) is 0 Å². The largest absolute Gasteiger partial charge is 0.478 e. The van der Waals surface area contributed by atoms with Gasteiger partial charge in [0.1, 0.15) is 5.69 Å². The van der Waals surface area contributed by atoms with E-state index in [2.05, 4.69) is 5.32 Å². The van der Waals surface area contributed by atoms with Crippen LogP contribution in [0, 0.1) is 10.1 Å². The van der Waals surface area contributed by atoms with E-state index in [1.807, 2.05) is 6.92 Å². The van der Waals surface area contributed by atoms with E-state index < -0.39 is 10.9 Å². The lowest BCUT2D eigenvalue weighted by atomic mass is 10.1. The molecule has 1 aromatic rings. The summed E-state index contributed by atoms with van der Waals surface area (Å²) in [4.78, 5) is 21.3. The molecule has 0 atom stereocenters. The number of anilines is 1.